The van der Waals surface area contributed by atoms with Crippen molar-refractivity contribution in [2.75, 3.05) is 0 Å². The van der Waals surface area contributed by atoms with Crippen LogP contribution in [0.25, 0.3) is 11.1 Å². The Bertz CT molecular complexity index is 1580. The van der Waals surface area contributed by atoms with Crippen molar-refractivity contribution in [3.63, 3.8) is 0 Å². The van der Waals surface area contributed by atoms with Crippen LogP contribution in [0.2, 0.25) is 0 Å². The van der Waals surface area contributed by atoms with Crippen LogP contribution in [0.1, 0.15) is 97.2 Å². The Hall–Kier alpha value is -2.45. The van der Waals surface area contributed by atoms with E-state index < -0.39 is 0 Å². The SMILES string of the molecule is Cc1[c-]c2c(cc1C(C)(C)C)-c1cc(C(C)(C)C)c(C)cc1C2.Cc1ccc([C](=[Hf+2])c2ccc(C)cc2)cc1.[Cl-].[Cl-].c1cc[cH-]c1. The minimum absolute atomic E-state index is 0. The maximum Gasteiger partial charge on any atom is -0.172 e. The van der Waals surface area contributed by atoms with Crippen molar-refractivity contribution in [2.24, 2.45) is 0 Å². The van der Waals surface area contributed by atoms with Crippen molar-refractivity contribution in [3.8, 4) is 11.1 Å². The van der Waals surface area contributed by atoms with Gasteiger partial charge in [0.1, 0.15) is 0 Å². The van der Waals surface area contributed by atoms with Crippen LogP contribution in [-0.2, 0) is 41.1 Å². The second-order valence-electron chi connectivity index (χ2n) is 14.3. The third-order valence-corrected chi connectivity index (χ3v) is 10.4. The largest absolute Gasteiger partial charge is 1.00 e. The molecular formula is C43H48Cl2Hf-2. The molecule has 0 spiro atoms. The summed E-state index contributed by atoms with van der Waals surface area (Å²) < 4.78 is 1.47. The fraction of sp³-hybridized carbons (Fsp3) is 0.302. The van der Waals surface area contributed by atoms with Gasteiger partial charge in [-0.05, 0) is 35.4 Å². The molecule has 0 N–H and O–H groups in total. The van der Waals surface area contributed by atoms with Crippen LogP contribution in [0, 0.1) is 33.8 Å². The van der Waals surface area contributed by atoms with Gasteiger partial charge in [0.2, 0.25) is 0 Å². The van der Waals surface area contributed by atoms with E-state index in [-0.39, 0.29) is 35.6 Å². The van der Waals surface area contributed by atoms with Gasteiger partial charge in [0.15, 0.2) is 0 Å². The minimum Gasteiger partial charge on any atom is -1.00 e. The van der Waals surface area contributed by atoms with Crippen LogP contribution in [0.3, 0.4) is 0 Å². The van der Waals surface area contributed by atoms with Crippen LogP contribution in [0.5, 0.6) is 0 Å². The molecule has 0 bridgehead atoms. The van der Waals surface area contributed by atoms with Gasteiger partial charge in [-0.1, -0.05) is 71.6 Å². The molecule has 240 valence electrons. The third kappa shape index (κ3) is 10.0. The maximum atomic E-state index is 3.69. The fourth-order valence-electron chi connectivity index (χ4n) is 5.95. The van der Waals surface area contributed by atoms with Crippen molar-refractivity contribution in [1.29, 1.82) is 0 Å². The van der Waals surface area contributed by atoms with E-state index in [0.717, 1.165) is 30.3 Å². The first-order valence-corrected chi connectivity index (χ1v) is 17.5. The molecule has 0 nitrogen and oxygen atoms in total. The predicted molar refractivity (Wildman–Crippen MR) is 188 cm³/mol. The quantitative estimate of drug-likeness (QED) is 0.169. The second kappa shape index (κ2) is 16.6. The molecule has 0 saturated heterocycles. The molecule has 0 radical (unpaired) electrons. The van der Waals surface area contributed by atoms with Gasteiger partial charge < -0.3 is 24.8 Å². The van der Waals surface area contributed by atoms with Crippen LogP contribution in [-0.4, -0.2) is 3.26 Å². The van der Waals surface area contributed by atoms with E-state index in [1.165, 1.54) is 70.0 Å². The molecule has 1 aliphatic carbocycles. The Balaban J connectivity index is 0.000000278. The number of hydrogen-bond acceptors (Lipinski definition) is 0. The zero-order valence-corrected chi connectivity index (χ0v) is 34.3. The molecule has 1 aliphatic rings. The van der Waals surface area contributed by atoms with Gasteiger partial charge in [0.05, 0.1) is 0 Å². The average molecular weight is 814 g/mol. The molecule has 0 aromatic heterocycles. The molecule has 5 aromatic rings. The minimum atomic E-state index is 0. The summed E-state index contributed by atoms with van der Waals surface area (Å²) in [5.41, 5.74) is 17.0. The van der Waals surface area contributed by atoms with Crippen molar-refractivity contribution >= 4 is 3.26 Å². The summed E-state index contributed by atoms with van der Waals surface area (Å²) in [5.74, 6) is 0. The third-order valence-electron chi connectivity index (χ3n) is 8.32. The number of halogens is 2. The van der Waals surface area contributed by atoms with Gasteiger partial charge in [0, 0.05) is 0 Å². The normalized spacial score (nSPS) is 11.4. The smallest absolute Gasteiger partial charge is 0.172 e. The van der Waals surface area contributed by atoms with E-state index in [1.807, 2.05) is 30.3 Å². The first kappa shape index (κ1) is 39.7. The Morgan fingerprint density at radius 3 is 1.52 bits per heavy atom. The molecule has 0 atom stereocenters. The molecule has 3 heteroatoms. The summed E-state index contributed by atoms with van der Waals surface area (Å²) in [6.07, 6.45) is 1.03. The second-order valence-corrected chi connectivity index (χ2v) is 16.1. The molecular weight excluding hydrogens is 766 g/mol. The average Bonchev–Trinajstić information content (AvgIpc) is 3.63. The van der Waals surface area contributed by atoms with Gasteiger partial charge >= 0.3 is 112 Å². The van der Waals surface area contributed by atoms with E-state index >= 15 is 0 Å². The van der Waals surface area contributed by atoms with E-state index in [1.54, 1.807) is 0 Å². The van der Waals surface area contributed by atoms with Crippen LogP contribution < -0.4 is 24.8 Å². The zero-order valence-electron chi connectivity index (χ0n) is 29.2. The van der Waals surface area contributed by atoms with Gasteiger partial charge in [-0.2, -0.15) is 35.9 Å². The summed E-state index contributed by atoms with van der Waals surface area (Å²) >= 11 is 1.08. The summed E-state index contributed by atoms with van der Waals surface area (Å²) in [6.45, 7) is 22.5. The van der Waals surface area contributed by atoms with E-state index in [2.05, 4.69) is 142 Å². The molecule has 5 aromatic carbocycles. The van der Waals surface area contributed by atoms with Crippen molar-refractivity contribution in [3.05, 3.63) is 159 Å². The Kier molecular flexibility index (Phi) is 14.3. The zero-order chi connectivity index (χ0) is 32.2. The van der Waals surface area contributed by atoms with Gasteiger partial charge in [0.25, 0.3) is 0 Å². The van der Waals surface area contributed by atoms with E-state index in [0.29, 0.717) is 0 Å². The monoisotopic (exact) mass is 814 g/mol. The van der Waals surface area contributed by atoms with Crippen molar-refractivity contribution in [2.45, 2.75) is 86.5 Å². The van der Waals surface area contributed by atoms with Crippen molar-refractivity contribution < 1.29 is 48.7 Å². The first-order chi connectivity index (χ1) is 20.6. The number of hydrogen-bond donors (Lipinski definition) is 0. The van der Waals surface area contributed by atoms with E-state index in [4.69, 9.17) is 0 Å². The summed E-state index contributed by atoms with van der Waals surface area (Å²) in [7, 11) is 0. The molecule has 46 heavy (non-hydrogen) atoms. The molecule has 0 amide bonds. The summed E-state index contributed by atoms with van der Waals surface area (Å²) in [4.78, 5) is 0. The molecule has 0 saturated carbocycles. The van der Waals surface area contributed by atoms with Crippen molar-refractivity contribution in [1.82, 2.24) is 0 Å². The molecule has 0 heterocycles. The van der Waals surface area contributed by atoms with Gasteiger partial charge in [-0.25, -0.2) is 12.1 Å². The van der Waals surface area contributed by atoms with Crippen LogP contribution in [0.4, 0.5) is 0 Å². The molecule has 0 aliphatic heterocycles. The number of rotatable bonds is 2. The number of aryl methyl sites for hydroxylation is 4. The van der Waals surface area contributed by atoms with E-state index in [9.17, 15) is 0 Å². The maximum absolute atomic E-state index is 3.69. The molecule has 0 fully saturated rings. The summed E-state index contributed by atoms with van der Waals surface area (Å²) in [6, 6.07) is 38.6. The Morgan fingerprint density at radius 2 is 1.11 bits per heavy atom. The first-order valence-electron chi connectivity index (χ1n) is 15.7. The number of benzene rings is 4. The predicted octanol–water partition coefficient (Wildman–Crippen LogP) is 5.10. The summed E-state index contributed by atoms with van der Waals surface area (Å²) in [5, 5.41) is 0. The van der Waals surface area contributed by atoms with Crippen LogP contribution in [0.15, 0.2) is 97.1 Å². The Morgan fingerprint density at radius 1 is 0.652 bits per heavy atom. The van der Waals surface area contributed by atoms with Crippen LogP contribution >= 0.6 is 0 Å². The fourth-order valence-corrected chi connectivity index (χ4v) is 7.15. The molecule has 0 unspecified atom stereocenters. The molecule has 6 rings (SSSR count). The van der Waals surface area contributed by atoms with Gasteiger partial charge in [-0.15, -0.1) is 16.7 Å². The number of fused-ring (bicyclic) bond motifs is 3. The standard InChI is InChI=1S/C23H29.C15H14.C5H5.2ClH.Hf/c1-14-9-16-11-17-10-15(2)21(23(6,7)8)13-19(17)18(16)12-20(14)22(3,4)5;1-12-3-7-14(8-4-12)11-15-9-5-13(2)6-10-15;1-2-4-5-3-1;;;/h9,12-13H,11H2,1-8H3;3-10H,1-2H3;1-5H;2*1H;/q-1;;-1;;;+2/p-2. The van der Waals surface area contributed by atoms with Gasteiger partial charge in [-0.3, -0.25) is 0 Å². The Labute approximate surface area is 306 Å². The topological polar surface area (TPSA) is 0 Å².